The molecule has 0 aliphatic carbocycles. The molecule has 0 bridgehead atoms. The molecule has 1 saturated heterocycles. The van der Waals surface area contributed by atoms with Gasteiger partial charge >= 0.3 is 0 Å². The topological polar surface area (TPSA) is 35.5 Å². The first kappa shape index (κ1) is 20.9. The quantitative estimate of drug-likeness (QED) is 0.736. The first-order valence-electron chi connectivity index (χ1n) is 9.54. The van der Waals surface area contributed by atoms with Gasteiger partial charge in [0, 0.05) is 19.7 Å². The van der Waals surface area contributed by atoms with Crippen LogP contribution in [0.5, 0.6) is 0 Å². The van der Waals surface area contributed by atoms with E-state index in [4.69, 9.17) is 0 Å². The zero-order valence-corrected chi connectivity index (χ0v) is 16.2. The second kappa shape index (κ2) is 11.3. The van der Waals surface area contributed by atoms with E-state index in [0.29, 0.717) is 0 Å². The van der Waals surface area contributed by atoms with Crippen LogP contribution in [-0.4, -0.2) is 42.8 Å². The van der Waals surface area contributed by atoms with Crippen LogP contribution in [0.15, 0.2) is 60.7 Å². The number of benzene rings is 2. The van der Waals surface area contributed by atoms with E-state index in [-0.39, 0.29) is 25.1 Å². The Morgan fingerprint density at radius 3 is 1.96 bits per heavy atom. The Balaban J connectivity index is 0.00000243. The van der Waals surface area contributed by atoms with Gasteiger partial charge < -0.3 is 10.4 Å². The van der Waals surface area contributed by atoms with Crippen LogP contribution in [0.3, 0.4) is 0 Å². The molecule has 3 nitrogen and oxygen atoms in total. The maximum atomic E-state index is 9.41. The molecule has 0 aromatic heterocycles. The summed E-state index contributed by atoms with van der Waals surface area (Å²) < 4.78 is 0. The van der Waals surface area contributed by atoms with Crippen LogP contribution in [-0.2, 0) is 0 Å². The largest absolute Gasteiger partial charge is 0.396 e. The van der Waals surface area contributed by atoms with Gasteiger partial charge in [0.2, 0.25) is 0 Å². The van der Waals surface area contributed by atoms with E-state index in [9.17, 15) is 5.11 Å². The monoisotopic (exact) mass is 374 g/mol. The van der Waals surface area contributed by atoms with Crippen LogP contribution >= 0.6 is 12.4 Å². The van der Waals surface area contributed by atoms with Crippen LogP contribution in [0.25, 0.3) is 0 Å². The highest BCUT2D eigenvalue weighted by Gasteiger charge is 2.25. The molecule has 3 rings (SSSR count). The molecule has 1 heterocycles. The predicted molar refractivity (Wildman–Crippen MR) is 111 cm³/mol. The van der Waals surface area contributed by atoms with Gasteiger partial charge in [0.1, 0.15) is 0 Å². The molecule has 0 spiro atoms. The summed E-state index contributed by atoms with van der Waals surface area (Å²) >= 11 is 0. The lowest BCUT2D eigenvalue weighted by Crippen LogP contribution is -2.39. The van der Waals surface area contributed by atoms with E-state index in [1.54, 1.807) is 0 Å². The molecular formula is C22H31ClN2O. The van der Waals surface area contributed by atoms with Crippen molar-refractivity contribution in [3.63, 3.8) is 0 Å². The summed E-state index contributed by atoms with van der Waals surface area (Å²) in [6.07, 6.45) is 3.30. The van der Waals surface area contributed by atoms with Crippen molar-refractivity contribution in [2.75, 3.05) is 32.8 Å². The maximum Gasteiger partial charge on any atom is 0.0601 e. The molecule has 0 unspecified atom stereocenters. The molecule has 0 saturated carbocycles. The molecule has 1 fully saturated rings. The van der Waals surface area contributed by atoms with E-state index in [1.807, 2.05) is 0 Å². The molecule has 2 aromatic rings. The SMILES string of the molecule is Cl.OCCCN(CC1CCNCC1)C(c1ccccc1)c1ccccc1. The van der Waals surface area contributed by atoms with Gasteiger partial charge in [-0.05, 0) is 49.4 Å². The molecule has 4 heteroatoms. The summed E-state index contributed by atoms with van der Waals surface area (Å²) in [6, 6.07) is 21.8. The molecule has 0 amide bonds. The lowest BCUT2D eigenvalue weighted by Gasteiger charge is -2.36. The number of nitrogens with zero attached hydrogens (tertiary/aromatic N) is 1. The third kappa shape index (κ3) is 5.82. The fourth-order valence-corrected chi connectivity index (χ4v) is 3.88. The number of halogens is 1. The van der Waals surface area contributed by atoms with Crippen LogP contribution in [0, 0.1) is 5.92 Å². The third-order valence-corrected chi connectivity index (χ3v) is 5.15. The zero-order valence-electron chi connectivity index (χ0n) is 15.4. The number of aliphatic hydroxyl groups is 1. The zero-order chi connectivity index (χ0) is 17.3. The van der Waals surface area contributed by atoms with Gasteiger partial charge in [0.15, 0.2) is 0 Å². The minimum absolute atomic E-state index is 0. The Bertz CT molecular complexity index is 563. The Kier molecular flexibility index (Phi) is 9.13. The smallest absolute Gasteiger partial charge is 0.0601 e. The normalized spacial score (nSPS) is 15.2. The van der Waals surface area contributed by atoms with Crippen molar-refractivity contribution in [1.29, 1.82) is 0 Å². The Morgan fingerprint density at radius 1 is 0.923 bits per heavy atom. The number of piperidine rings is 1. The fraction of sp³-hybridized carbons (Fsp3) is 0.455. The van der Waals surface area contributed by atoms with Crippen LogP contribution in [0.2, 0.25) is 0 Å². The molecule has 26 heavy (non-hydrogen) atoms. The summed E-state index contributed by atoms with van der Waals surface area (Å²) in [5, 5.41) is 12.9. The van der Waals surface area contributed by atoms with E-state index >= 15 is 0 Å². The Labute approximate surface area is 163 Å². The third-order valence-electron chi connectivity index (χ3n) is 5.15. The van der Waals surface area contributed by atoms with Gasteiger partial charge in [-0.3, -0.25) is 4.90 Å². The summed E-state index contributed by atoms with van der Waals surface area (Å²) in [5.74, 6) is 0.731. The van der Waals surface area contributed by atoms with Crippen molar-refractivity contribution in [3.05, 3.63) is 71.8 Å². The highest BCUT2D eigenvalue weighted by Crippen LogP contribution is 2.30. The second-order valence-corrected chi connectivity index (χ2v) is 6.99. The van der Waals surface area contributed by atoms with Crippen molar-refractivity contribution in [2.45, 2.75) is 25.3 Å². The lowest BCUT2D eigenvalue weighted by molar-refractivity contribution is 0.155. The summed E-state index contributed by atoms with van der Waals surface area (Å²) in [6.45, 7) is 4.52. The predicted octanol–water partition coefficient (Wildman–Crippen LogP) is 3.88. The molecule has 142 valence electrons. The van der Waals surface area contributed by atoms with Gasteiger partial charge in [-0.2, -0.15) is 0 Å². The minimum atomic E-state index is 0. The van der Waals surface area contributed by atoms with E-state index < -0.39 is 0 Å². The molecule has 1 aliphatic heterocycles. The standard InChI is InChI=1S/C22H30N2O.ClH/c25-17-7-16-24(18-19-12-14-23-15-13-19)22(20-8-3-1-4-9-20)21-10-5-2-6-11-21;/h1-6,8-11,19,22-23,25H,7,12-18H2;1H. The lowest BCUT2D eigenvalue weighted by atomic mass is 9.92. The van der Waals surface area contributed by atoms with Crippen molar-refractivity contribution < 1.29 is 5.11 Å². The highest BCUT2D eigenvalue weighted by molar-refractivity contribution is 5.85. The first-order valence-corrected chi connectivity index (χ1v) is 9.54. The van der Waals surface area contributed by atoms with Gasteiger partial charge in [-0.25, -0.2) is 0 Å². The number of aliphatic hydroxyl groups excluding tert-OH is 1. The molecular weight excluding hydrogens is 344 g/mol. The Morgan fingerprint density at radius 2 is 1.46 bits per heavy atom. The Hall–Kier alpha value is -1.39. The molecule has 0 atom stereocenters. The van der Waals surface area contributed by atoms with Gasteiger partial charge in [-0.1, -0.05) is 60.7 Å². The van der Waals surface area contributed by atoms with Crippen molar-refractivity contribution in [3.8, 4) is 0 Å². The van der Waals surface area contributed by atoms with Crippen LogP contribution in [0.4, 0.5) is 0 Å². The highest BCUT2D eigenvalue weighted by atomic mass is 35.5. The number of hydrogen-bond donors (Lipinski definition) is 2. The first-order chi connectivity index (χ1) is 12.4. The molecule has 2 aromatic carbocycles. The molecule has 2 N–H and O–H groups in total. The summed E-state index contributed by atoms with van der Waals surface area (Å²) in [4.78, 5) is 2.58. The molecule has 1 aliphatic rings. The minimum Gasteiger partial charge on any atom is -0.396 e. The van der Waals surface area contributed by atoms with Crippen molar-refractivity contribution >= 4 is 12.4 Å². The van der Waals surface area contributed by atoms with Gasteiger partial charge in [0.25, 0.3) is 0 Å². The van der Waals surface area contributed by atoms with Crippen LogP contribution < -0.4 is 5.32 Å². The average Bonchev–Trinajstić information content (AvgIpc) is 2.69. The summed E-state index contributed by atoms with van der Waals surface area (Å²) in [7, 11) is 0. The fourth-order valence-electron chi connectivity index (χ4n) is 3.88. The van der Waals surface area contributed by atoms with E-state index in [0.717, 1.165) is 38.5 Å². The second-order valence-electron chi connectivity index (χ2n) is 6.99. The molecule has 0 radical (unpaired) electrons. The van der Waals surface area contributed by atoms with Crippen molar-refractivity contribution in [2.24, 2.45) is 5.92 Å². The van der Waals surface area contributed by atoms with Crippen molar-refractivity contribution in [1.82, 2.24) is 10.2 Å². The number of rotatable bonds is 8. The van der Waals surface area contributed by atoms with Crippen LogP contribution in [0.1, 0.15) is 36.4 Å². The van der Waals surface area contributed by atoms with E-state index in [2.05, 4.69) is 70.9 Å². The number of hydrogen-bond acceptors (Lipinski definition) is 3. The van der Waals surface area contributed by atoms with Gasteiger partial charge in [-0.15, -0.1) is 12.4 Å². The van der Waals surface area contributed by atoms with Gasteiger partial charge in [0.05, 0.1) is 6.04 Å². The average molecular weight is 375 g/mol. The maximum absolute atomic E-state index is 9.41. The summed E-state index contributed by atoms with van der Waals surface area (Å²) in [5.41, 5.74) is 2.67. The van der Waals surface area contributed by atoms with E-state index in [1.165, 1.54) is 24.0 Å². The number of nitrogens with one attached hydrogen (secondary N) is 1.